The van der Waals surface area contributed by atoms with Crippen molar-refractivity contribution in [2.75, 3.05) is 19.6 Å². The summed E-state index contributed by atoms with van der Waals surface area (Å²) in [6.07, 6.45) is 6.70. The van der Waals surface area contributed by atoms with Gasteiger partial charge in [0, 0.05) is 19.6 Å². The van der Waals surface area contributed by atoms with E-state index in [2.05, 4.69) is 41.0 Å². The molecule has 0 bridgehead atoms. The zero-order valence-electron chi connectivity index (χ0n) is 23.3. The largest absolute Gasteiger partial charge is 0.488 e. The van der Waals surface area contributed by atoms with Crippen molar-refractivity contribution in [3.05, 3.63) is 95.6 Å². The van der Waals surface area contributed by atoms with Crippen LogP contribution in [-0.4, -0.2) is 63.8 Å². The zero-order valence-corrected chi connectivity index (χ0v) is 23.3. The third-order valence-electron chi connectivity index (χ3n) is 7.23. The Morgan fingerprint density at radius 3 is 1.51 bits per heavy atom. The fourth-order valence-corrected chi connectivity index (χ4v) is 5.07. The smallest absolute Gasteiger partial charge is 0.423 e. The van der Waals surface area contributed by atoms with Crippen LogP contribution in [0.1, 0.15) is 62.1 Å². The normalized spacial score (nSPS) is 11.4. The summed E-state index contributed by atoms with van der Waals surface area (Å²) < 4.78 is 0. The van der Waals surface area contributed by atoms with Gasteiger partial charge in [0.15, 0.2) is 0 Å². The van der Waals surface area contributed by atoms with Crippen molar-refractivity contribution in [1.29, 1.82) is 0 Å². The molecule has 0 spiro atoms. The van der Waals surface area contributed by atoms with E-state index in [0.29, 0.717) is 17.5 Å². The molecule has 3 aromatic carbocycles. The van der Waals surface area contributed by atoms with Gasteiger partial charge in [-0.2, -0.15) is 0 Å². The first-order valence-corrected chi connectivity index (χ1v) is 14.3. The Balaban J connectivity index is 1.51. The number of unbranched alkanes of at least 4 members (excludes halogenated alkanes) is 4. The van der Waals surface area contributed by atoms with Gasteiger partial charge in [0.2, 0.25) is 0 Å². The Bertz CT molecular complexity index is 1080. The lowest BCUT2D eigenvalue weighted by Gasteiger charge is -2.25. The molecular weight excluding hydrogens is 486 g/mol. The molecule has 0 saturated heterocycles. The van der Waals surface area contributed by atoms with Crippen molar-refractivity contribution in [3.63, 3.8) is 0 Å². The number of hydrogen-bond acceptors (Lipinski definition) is 6. The summed E-state index contributed by atoms with van der Waals surface area (Å²) >= 11 is 0. The Morgan fingerprint density at radius 1 is 0.513 bits per heavy atom. The summed E-state index contributed by atoms with van der Waals surface area (Å²) in [5.41, 5.74) is 4.34. The van der Waals surface area contributed by atoms with Gasteiger partial charge in [-0.1, -0.05) is 105 Å². The van der Waals surface area contributed by atoms with Gasteiger partial charge in [0.25, 0.3) is 0 Å². The van der Waals surface area contributed by atoms with E-state index in [1.54, 1.807) is 12.1 Å². The number of nitrogens with zero attached hydrogens (tertiary/aromatic N) is 2. The van der Waals surface area contributed by atoms with Crippen LogP contribution in [0.5, 0.6) is 0 Å². The lowest BCUT2D eigenvalue weighted by atomic mass is 9.77. The average Bonchev–Trinajstić information content (AvgIpc) is 2.94. The molecule has 0 saturated carbocycles. The van der Waals surface area contributed by atoms with Gasteiger partial charge in [-0.25, -0.2) is 0 Å². The van der Waals surface area contributed by atoms with E-state index in [4.69, 9.17) is 0 Å². The third kappa shape index (κ3) is 10.9. The number of benzene rings is 3. The van der Waals surface area contributed by atoms with Crippen molar-refractivity contribution in [2.45, 2.75) is 65.1 Å². The molecule has 8 heteroatoms. The molecule has 0 radical (unpaired) electrons. The van der Waals surface area contributed by atoms with E-state index in [-0.39, 0.29) is 0 Å². The van der Waals surface area contributed by atoms with Crippen LogP contribution in [0.25, 0.3) is 0 Å². The van der Waals surface area contributed by atoms with Crippen LogP contribution >= 0.6 is 0 Å². The molecule has 208 valence electrons. The maximum Gasteiger partial charge on any atom is 0.488 e. The van der Waals surface area contributed by atoms with E-state index >= 15 is 0 Å². The molecule has 0 aromatic heterocycles. The molecule has 0 aliphatic rings. The van der Waals surface area contributed by atoms with Crippen molar-refractivity contribution >= 4 is 25.2 Å². The summed E-state index contributed by atoms with van der Waals surface area (Å²) in [6.45, 7) is 7.35. The third-order valence-corrected chi connectivity index (χ3v) is 7.23. The molecule has 6 nitrogen and oxygen atoms in total. The highest BCUT2D eigenvalue weighted by Gasteiger charge is 2.18. The minimum absolute atomic E-state index is 0.568. The van der Waals surface area contributed by atoms with Crippen LogP contribution < -0.4 is 10.9 Å². The second-order valence-electron chi connectivity index (χ2n) is 10.4. The summed E-state index contributed by atoms with van der Waals surface area (Å²) in [5, 5.41) is 39.1. The van der Waals surface area contributed by atoms with E-state index in [9.17, 15) is 20.1 Å². The number of rotatable bonds is 18. The molecule has 0 amide bonds. The monoisotopic (exact) mass is 530 g/mol. The summed E-state index contributed by atoms with van der Waals surface area (Å²) in [7, 11) is -2.91. The molecule has 0 atom stereocenters. The van der Waals surface area contributed by atoms with Gasteiger partial charge in [-0.05, 0) is 66.5 Å². The Morgan fingerprint density at radius 2 is 0.974 bits per heavy atom. The van der Waals surface area contributed by atoms with Crippen LogP contribution in [-0.2, 0) is 19.6 Å². The predicted octanol–water partition coefficient (Wildman–Crippen LogP) is 2.91. The van der Waals surface area contributed by atoms with Gasteiger partial charge in [0.1, 0.15) is 0 Å². The average molecular weight is 530 g/mol. The topological polar surface area (TPSA) is 87.4 Å². The molecule has 0 heterocycles. The van der Waals surface area contributed by atoms with Crippen molar-refractivity contribution in [3.8, 4) is 0 Å². The summed E-state index contributed by atoms with van der Waals surface area (Å²) in [5.74, 6) is 0. The van der Waals surface area contributed by atoms with Crippen LogP contribution in [0.3, 0.4) is 0 Å². The van der Waals surface area contributed by atoms with Crippen LogP contribution in [0.15, 0.2) is 78.9 Å². The van der Waals surface area contributed by atoms with Gasteiger partial charge >= 0.3 is 14.2 Å². The van der Waals surface area contributed by atoms with Crippen molar-refractivity contribution < 1.29 is 20.1 Å². The van der Waals surface area contributed by atoms with E-state index in [1.807, 2.05) is 42.5 Å². The first-order valence-electron chi connectivity index (χ1n) is 14.3. The van der Waals surface area contributed by atoms with E-state index < -0.39 is 14.2 Å². The van der Waals surface area contributed by atoms with Crippen molar-refractivity contribution in [1.82, 2.24) is 9.80 Å². The molecule has 3 aromatic rings. The summed E-state index contributed by atoms with van der Waals surface area (Å²) in [6, 6.07) is 25.6. The highest BCUT2D eigenvalue weighted by Crippen LogP contribution is 2.13. The minimum atomic E-state index is -1.47. The van der Waals surface area contributed by atoms with Crippen LogP contribution in [0.2, 0.25) is 0 Å². The molecule has 4 N–H and O–H groups in total. The molecule has 0 aliphatic heterocycles. The highest BCUT2D eigenvalue weighted by molar-refractivity contribution is 6.59. The molecule has 3 rings (SSSR count). The van der Waals surface area contributed by atoms with Crippen molar-refractivity contribution in [2.24, 2.45) is 0 Å². The Hall–Kier alpha value is -2.45. The molecular formula is C31H44B2N2O4. The van der Waals surface area contributed by atoms with Gasteiger partial charge in [-0.15, -0.1) is 0 Å². The zero-order chi connectivity index (χ0) is 27.9. The predicted molar refractivity (Wildman–Crippen MR) is 162 cm³/mol. The second kappa shape index (κ2) is 17.3. The molecule has 0 fully saturated rings. The van der Waals surface area contributed by atoms with Gasteiger partial charge < -0.3 is 20.1 Å². The van der Waals surface area contributed by atoms with Gasteiger partial charge in [-0.3, -0.25) is 9.80 Å². The summed E-state index contributed by atoms with van der Waals surface area (Å²) in [4.78, 5) is 4.82. The Labute approximate surface area is 235 Å². The standard InChI is InChI=1S/C31H44B2N2O4/c1-2-3-21-34(25-28-17-9-11-19-30(28)32(36)37)22-13-4-5-14-23-35(24-27-15-7-6-8-16-27)26-29-18-10-12-20-31(29)33(38)39/h6-12,15-20,36-39H,2-5,13-14,21-26H2,1H3. The number of hydrogen-bond donors (Lipinski definition) is 4. The van der Waals surface area contributed by atoms with E-state index in [1.165, 1.54) is 5.56 Å². The van der Waals surface area contributed by atoms with Gasteiger partial charge in [0.05, 0.1) is 0 Å². The quantitative estimate of drug-likeness (QED) is 0.150. The first kappa shape index (κ1) is 31.1. The maximum atomic E-state index is 9.82. The first-order chi connectivity index (χ1) is 19.0. The van der Waals surface area contributed by atoms with E-state index in [0.717, 1.165) is 82.4 Å². The fourth-order valence-electron chi connectivity index (χ4n) is 5.07. The fraction of sp³-hybridized carbons (Fsp3) is 0.419. The minimum Gasteiger partial charge on any atom is -0.423 e. The highest BCUT2D eigenvalue weighted by atomic mass is 16.4. The molecule has 0 unspecified atom stereocenters. The molecule has 0 aliphatic carbocycles. The lowest BCUT2D eigenvalue weighted by Crippen LogP contribution is -2.36. The maximum absolute atomic E-state index is 9.82. The Kier molecular flexibility index (Phi) is 13.8. The molecule has 39 heavy (non-hydrogen) atoms. The second-order valence-corrected chi connectivity index (χ2v) is 10.4. The SMILES string of the molecule is CCCCN(CCCCCCN(Cc1ccccc1)Cc1ccccc1B(O)O)Cc1ccccc1B(O)O. The van der Waals surface area contributed by atoms with Crippen LogP contribution in [0, 0.1) is 0 Å². The van der Waals surface area contributed by atoms with Crippen LogP contribution in [0.4, 0.5) is 0 Å². The lowest BCUT2D eigenvalue weighted by molar-refractivity contribution is 0.242.